The maximum atomic E-state index is 12.3. The summed E-state index contributed by atoms with van der Waals surface area (Å²) in [5.74, 6) is 1.43. The summed E-state index contributed by atoms with van der Waals surface area (Å²) >= 11 is 0. The van der Waals surface area contributed by atoms with Gasteiger partial charge in [0.15, 0.2) is 0 Å². The number of hydrogen-bond donors (Lipinski definition) is 1. The number of halogens is 1. The fraction of sp³-hybridized carbons (Fsp3) is 0.471. The molecule has 1 atom stereocenters. The predicted octanol–water partition coefficient (Wildman–Crippen LogP) is 2.59. The van der Waals surface area contributed by atoms with Crippen LogP contribution in [0.4, 0.5) is 0 Å². The molecule has 1 heterocycles. The minimum Gasteiger partial charge on any atom is -0.496 e. The summed E-state index contributed by atoms with van der Waals surface area (Å²) in [5.41, 5.74) is 0.928. The second-order valence-electron chi connectivity index (χ2n) is 5.43. The Morgan fingerprint density at radius 1 is 1.45 bits per heavy atom. The van der Waals surface area contributed by atoms with Gasteiger partial charge in [0.25, 0.3) is 0 Å². The SMILES string of the molecule is CNCC1CCCN(C(=O)C=Cc2ccccc2OC)C1.Cl. The lowest BCUT2D eigenvalue weighted by atomic mass is 9.98. The molecule has 0 spiro atoms. The third-order valence-electron chi connectivity index (χ3n) is 3.87. The van der Waals surface area contributed by atoms with Crippen LogP contribution >= 0.6 is 12.4 Å². The van der Waals surface area contributed by atoms with Crippen molar-refractivity contribution in [1.82, 2.24) is 10.2 Å². The molecule has 1 aromatic carbocycles. The molecule has 1 N–H and O–H groups in total. The zero-order valence-corrected chi connectivity index (χ0v) is 14.1. The van der Waals surface area contributed by atoms with E-state index < -0.39 is 0 Å². The minimum absolute atomic E-state index is 0. The summed E-state index contributed by atoms with van der Waals surface area (Å²) in [6, 6.07) is 7.71. The van der Waals surface area contributed by atoms with E-state index in [0.29, 0.717) is 5.92 Å². The first-order chi connectivity index (χ1) is 10.2. The average molecular weight is 325 g/mol. The molecule has 0 radical (unpaired) electrons. The van der Waals surface area contributed by atoms with Crippen LogP contribution in [0.2, 0.25) is 0 Å². The molecule has 122 valence electrons. The highest BCUT2D eigenvalue weighted by Gasteiger charge is 2.21. The molecular formula is C17H25ClN2O2. The first-order valence-corrected chi connectivity index (χ1v) is 7.49. The summed E-state index contributed by atoms with van der Waals surface area (Å²) in [6.45, 7) is 2.67. The standard InChI is InChI=1S/C17H24N2O2.ClH/c1-18-12-14-6-5-11-19(13-14)17(20)10-9-15-7-3-4-8-16(15)21-2;/h3-4,7-10,14,18H,5-6,11-13H2,1-2H3;1H. The predicted molar refractivity (Wildman–Crippen MR) is 92.5 cm³/mol. The topological polar surface area (TPSA) is 41.6 Å². The minimum atomic E-state index is 0. The van der Waals surface area contributed by atoms with E-state index in [-0.39, 0.29) is 18.3 Å². The zero-order valence-electron chi connectivity index (χ0n) is 13.2. The van der Waals surface area contributed by atoms with Crippen molar-refractivity contribution in [3.63, 3.8) is 0 Å². The molecule has 4 nitrogen and oxygen atoms in total. The van der Waals surface area contributed by atoms with Gasteiger partial charge in [0.1, 0.15) is 5.75 Å². The van der Waals surface area contributed by atoms with Crippen molar-refractivity contribution in [2.75, 3.05) is 33.8 Å². The first-order valence-electron chi connectivity index (χ1n) is 7.49. The monoisotopic (exact) mass is 324 g/mol. The van der Waals surface area contributed by atoms with Crippen molar-refractivity contribution >= 4 is 24.4 Å². The van der Waals surface area contributed by atoms with E-state index in [1.54, 1.807) is 13.2 Å². The Morgan fingerprint density at radius 3 is 2.95 bits per heavy atom. The number of likely N-dealkylation sites (tertiary alicyclic amines) is 1. The Hall–Kier alpha value is -1.52. The summed E-state index contributed by atoms with van der Waals surface area (Å²) in [5, 5.41) is 3.20. The molecule has 2 rings (SSSR count). The highest BCUT2D eigenvalue weighted by atomic mass is 35.5. The Kier molecular flexibility index (Phi) is 7.99. The number of ether oxygens (including phenoxy) is 1. The van der Waals surface area contributed by atoms with E-state index in [9.17, 15) is 4.79 Å². The van der Waals surface area contributed by atoms with E-state index in [4.69, 9.17) is 4.74 Å². The lowest BCUT2D eigenvalue weighted by molar-refractivity contribution is -0.127. The maximum Gasteiger partial charge on any atom is 0.246 e. The second-order valence-corrected chi connectivity index (χ2v) is 5.43. The van der Waals surface area contributed by atoms with Crippen LogP contribution in [0.25, 0.3) is 6.08 Å². The highest BCUT2D eigenvalue weighted by Crippen LogP contribution is 2.20. The normalized spacial score (nSPS) is 18.1. The maximum absolute atomic E-state index is 12.3. The van der Waals surface area contributed by atoms with Crippen molar-refractivity contribution in [2.45, 2.75) is 12.8 Å². The number of nitrogens with one attached hydrogen (secondary N) is 1. The van der Waals surface area contributed by atoms with E-state index in [2.05, 4.69) is 5.32 Å². The van der Waals surface area contributed by atoms with Gasteiger partial charge in [-0.2, -0.15) is 0 Å². The lowest BCUT2D eigenvalue weighted by Gasteiger charge is -2.32. The highest BCUT2D eigenvalue weighted by molar-refractivity contribution is 5.92. The van der Waals surface area contributed by atoms with Crippen molar-refractivity contribution in [2.24, 2.45) is 5.92 Å². The number of methoxy groups -OCH3 is 1. The number of hydrogen-bond acceptors (Lipinski definition) is 3. The lowest BCUT2D eigenvalue weighted by Crippen LogP contribution is -2.41. The fourth-order valence-electron chi connectivity index (χ4n) is 2.79. The van der Waals surface area contributed by atoms with Gasteiger partial charge in [-0.1, -0.05) is 18.2 Å². The number of carbonyl (C=O) groups is 1. The molecule has 0 aromatic heterocycles. The summed E-state index contributed by atoms with van der Waals surface area (Å²) in [6.07, 6.45) is 5.77. The van der Waals surface area contributed by atoms with Crippen LogP contribution in [0.3, 0.4) is 0 Å². The summed E-state index contributed by atoms with van der Waals surface area (Å²) in [7, 11) is 3.60. The van der Waals surface area contributed by atoms with Crippen LogP contribution in [-0.2, 0) is 4.79 Å². The molecule has 1 aliphatic rings. The summed E-state index contributed by atoms with van der Waals surface area (Å²) < 4.78 is 5.29. The third-order valence-corrected chi connectivity index (χ3v) is 3.87. The van der Waals surface area contributed by atoms with Crippen molar-refractivity contribution in [3.8, 4) is 5.75 Å². The van der Waals surface area contributed by atoms with Gasteiger partial charge in [0.05, 0.1) is 7.11 Å². The third kappa shape index (κ3) is 5.04. The van der Waals surface area contributed by atoms with Gasteiger partial charge in [0.2, 0.25) is 5.91 Å². The molecule has 1 aliphatic heterocycles. The number of carbonyl (C=O) groups excluding carboxylic acids is 1. The van der Waals surface area contributed by atoms with Crippen LogP contribution in [0, 0.1) is 5.92 Å². The van der Waals surface area contributed by atoms with Crippen LogP contribution in [0.5, 0.6) is 5.75 Å². The van der Waals surface area contributed by atoms with E-state index >= 15 is 0 Å². The van der Waals surface area contributed by atoms with Gasteiger partial charge in [-0.15, -0.1) is 12.4 Å². The zero-order chi connectivity index (χ0) is 15.1. The largest absolute Gasteiger partial charge is 0.496 e. The van der Waals surface area contributed by atoms with Gasteiger partial charge >= 0.3 is 0 Å². The number of para-hydroxylation sites is 1. The molecule has 1 aromatic rings. The molecule has 0 saturated carbocycles. The smallest absolute Gasteiger partial charge is 0.246 e. The van der Waals surface area contributed by atoms with Crippen molar-refractivity contribution in [1.29, 1.82) is 0 Å². The Balaban J connectivity index is 0.00000242. The van der Waals surface area contributed by atoms with Crippen molar-refractivity contribution < 1.29 is 9.53 Å². The van der Waals surface area contributed by atoms with Crippen LogP contribution in [0.15, 0.2) is 30.3 Å². The Morgan fingerprint density at radius 2 is 2.23 bits per heavy atom. The fourth-order valence-corrected chi connectivity index (χ4v) is 2.79. The van der Waals surface area contributed by atoms with Gasteiger partial charge in [-0.3, -0.25) is 4.79 Å². The Bertz CT molecular complexity index is 503. The molecule has 22 heavy (non-hydrogen) atoms. The van der Waals surface area contributed by atoms with Gasteiger partial charge in [0, 0.05) is 24.7 Å². The Labute approximate surface area is 138 Å². The van der Waals surface area contributed by atoms with Gasteiger partial charge in [-0.05, 0) is 44.5 Å². The van der Waals surface area contributed by atoms with E-state index in [0.717, 1.165) is 37.4 Å². The number of benzene rings is 1. The molecule has 5 heteroatoms. The van der Waals surface area contributed by atoms with Gasteiger partial charge in [-0.25, -0.2) is 0 Å². The molecule has 0 aliphatic carbocycles. The van der Waals surface area contributed by atoms with Crippen LogP contribution in [-0.4, -0.2) is 44.6 Å². The van der Waals surface area contributed by atoms with E-state index in [1.807, 2.05) is 42.3 Å². The molecule has 0 bridgehead atoms. The molecule has 1 unspecified atom stereocenters. The van der Waals surface area contributed by atoms with Crippen LogP contribution < -0.4 is 10.1 Å². The number of nitrogens with zero attached hydrogens (tertiary/aromatic N) is 1. The molecule has 1 amide bonds. The van der Waals surface area contributed by atoms with Gasteiger partial charge < -0.3 is 15.0 Å². The molecular weight excluding hydrogens is 300 g/mol. The average Bonchev–Trinajstić information content (AvgIpc) is 2.53. The summed E-state index contributed by atoms with van der Waals surface area (Å²) in [4.78, 5) is 14.2. The molecule has 1 fully saturated rings. The second kappa shape index (κ2) is 9.49. The number of amides is 1. The number of rotatable bonds is 5. The van der Waals surface area contributed by atoms with Crippen molar-refractivity contribution in [3.05, 3.63) is 35.9 Å². The molecule has 1 saturated heterocycles. The quantitative estimate of drug-likeness (QED) is 0.846. The van der Waals surface area contributed by atoms with Crippen LogP contribution in [0.1, 0.15) is 18.4 Å². The number of piperidine rings is 1. The van der Waals surface area contributed by atoms with E-state index in [1.165, 1.54) is 6.42 Å². The first kappa shape index (κ1) is 18.5.